The van der Waals surface area contributed by atoms with Gasteiger partial charge in [0.1, 0.15) is 5.82 Å². The van der Waals surface area contributed by atoms with Crippen LogP contribution in [0.3, 0.4) is 0 Å². The van der Waals surface area contributed by atoms with Gasteiger partial charge >= 0.3 is 0 Å². The number of nitrogens with one attached hydrogen (secondary N) is 2. The number of hydrogen-bond donors (Lipinski definition) is 3. The predicted octanol–water partition coefficient (Wildman–Crippen LogP) is 1.97. The molecule has 0 aliphatic carbocycles. The highest BCUT2D eigenvalue weighted by Crippen LogP contribution is 2.26. The fourth-order valence-corrected chi connectivity index (χ4v) is 3.20. The number of guanidine groups is 1. The summed E-state index contributed by atoms with van der Waals surface area (Å²) in [6, 6.07) is 3.97. The van der Waals surface area contributed by atoms with Crippen LogP contribution in [0.4, 0.5) is 4.39 Å². The zero-order valence-corrected chi connectivity index (χ0v) is 14.3. The van der Waals surface area contributed by atoms with Crippen molar-refractivity contribution >= 4 is 32.6 Å². The SMILES string of the molecule is CCCC/C(=N\NC(=N)N)c1cn(S(C)(=O)=O)c2cc(F)ccc12. The van der Waals surface area contributed by atoms with Gasteiger partial charge in [0.25, 0.3) is 0 Å². The van der Waals surface area contributed by atoms with E-state index in [-0.39, 0.29) is 11.5 Å². The molecule has 2 aromatic rings. The van der Waals surface area contributed by atoms with Crippen LogP contribution in [0.15, 0.2) is 29.5 Å². The monoisotopic (exact) mass is 353 g/mol. The second kappa shape index (κ2) is 7.00. The first kappa shape index (κ1) is 17.9. The van der Waals surface area contributed by atoms with Gasteiger partial charge in [0.2, 0.25) is 16.0 Å². The highest BCUT2D eigenvalue weighted by atomic mass is 32.2. The van der Waals surface area contributed by atoms with Crippen LogP contribution in [0.1, 0.15) is 31.7 Å². The Morgan fingerprint density at radius 3 is 2.75 bits per heavy atom. The average Bonchev–Trinajstić information content (AvgIpc) is 2.86. The lowest BCUT2D eigenvalue weighted by Crippen LogP contribution is -2.27. The molecule has 4 N–H and O–H groups in total. The van der Waals surface area contributed by atoms with Gasteiger partial charge in [-0.3, -0.25) is 5.41 Å². The maximum Gasteiger partial charge on any atom is 0.236 e. The normalized spacial score (nSPS) is 12.5. The van der Waals surface area contributed by atoms with Crippen molar-refractivity contribution in [2.24, 2.45) is 10.8 Å². The third kappa shape index (κ3) is 3.91. The molecule has 2 rings (SSSR count). The second-order valence-corrected chi connectivity index (χ2v) is 7.31. The van der Waals surface area contributed by atoms with E-state index in [2.05, 4.69) is 10.5 Å². The molecule has 1 heterocycles. The summed E-state index contributed by atoms with van der Waals surface area (Å²) >= 11 is 0. The van der Waals surface area contributed by atoms with Crippen molar-refractivity contribution in [2.45, 2.75) is 26.2 Å². The molecular weight excluding hydrogens is 333 g/mol. The number of unbranched alkanes of at least 4 members (excludes halogenated alkanes) is 1. The Morgan fingerprint density at radius 1 is 1.46 bits per heavy atom. The van der Waals surface area contributed by atoms with E-state index in [4.69, 9.17) is 11.1 Å². The van der Waals surface area contributed by atoms with Gasteiger partial charge in [-0.2, -0.15) is 5.10 Å². The molecule has 24 heavy (non-hydrogen) atoms. The molecule has 0 unspecified atom stereocenters. The maximum atomic E-state index is 13.6. The zero-order valence-electron chi connectivity index (χ0n) is 13.5. The molecule has 0 saturated carbocycles. The molecule has 0 radical (unpaired) electrons. The summed E-state index contributed by atoms with van der Waals surface area (Å²) in [6.45, 7) is 2.02. The standard InChI is InChI=1S/C15H20FN5O2S/c1-3-4-5-13(19-20-15(17)18)12-9-21(24(2,22)23)14-8-10(16)6-7-11(12)14/h6-9H,3-5H2,1-2H3,(H4,17,18,20)/b19-13+. The van der Waals surface area contributed by atoms with E-state index < -0.39 is 15.8 Å². The van der Waals surface area contributed by atoms with Crippen molar-refractivity contribution in [1.82, 2.24) is 9.40 Å². The first-order chi connectivity index (χ1) is 11.2. The molecular formula is C15H20FN5O2S. The van der Waals surface area contributed by atoms with E-state index in [0.29, 0.717) is 23.1 Å². The van der Waals surface area contributed by atoms with Gasteiger partial charge in [-0.05, 0) is 31.0 Å². The van der Waals surface area contributed by atoms with E-state index in [1.807, 2.05) is 6.92 Å². The Kier molecular flexibility index (Phi) is 5.23. The molecule has 0 bridgehead atoms. The number of rotatable bonds is 6. The molecule has 1 aromatic heterocycles. The van der Waals surface area contributed by atoms with Crippen molar-refractivity contribution in [3.8, 4) is 0 Å². The van der Waals surface area contributed by atoms with E-state index >= 15 is 0 Å². The van der Waals surface area contributed by atoms with Crippen LogP contribution in [0.5, 0.6) is 0 Å². The minimum atomic E-state index is -3.60. The van der Waals surface area contributed by atoms with Gasteiger partial charge < -0.3 is 5.73 Å². The predicted molar refractivity (Wildman–Crippen MR) is 93.2 cm³/mol. The fourth-order valence-electron chi connectivity index (χ4n) is 2.40. The van der Waals surface area contributed by atoms with Crippen molar-refractivity contribution in [1.29, 1.82) is 5.41 Å². The number of nitrogens with two attached hydrogens (primary N) is 1. The Balaban J connectivity index is 2.68. The van der Waals surface area contributed by atoms with E-state index in [0.717, 1.165) is 23.1 Å². The van der Waals surface area contributed by atoms with Gasteiger partial charge in [-0.15, -0.1) is 0 Å². The third-order valence-electron chi connectivity index (χ3n) is 3.48. The summed E-state index contributed by atoms with van der Waals surface area (Å²) in [4.78, 5) is 0. The largest absolute Gasteiger partial charge is 0.369 e. The first-order valence-corrected chi connectivity index (χ1v) is 9.27. The average molecular weight is 353 g/mol. The lowest BCUT2D eigenvalue weighted by molar-refractivity contribution is 0.595. The summed E-state index contributed by atoms with van der Waals surface area (Å²) < 4.78 is 38.6. The summed E-state index contributed by atoms with van der Waals surface area (Å²) in [5, 5.41) is 11.9. The van der Waals surface area contributed by atoms with Crippen molar-refractivity contribution in [3.05, 3.63) is 35.8 Å². The highest BCUT2D eigenvalue weighted by molar-refractivity contribution is 7.89. The number of benzene rings is 1. The number of nitrogens with zero attached hydrogens (tertiary/aromatic N) is 2. The quantitative estimate of drug-likeness (QED) is 0.418. The molecule has 7 nitrogen and oxygen atoms in total. The van der Waals surface area contributed by atoms with Crippen LogP contribution in [-0.4, -0.2) is 30.3 Å². The van der Waals surface area contributed by atoms with Crippen molar-refractivity contribution < 1.29 is 12.8 Å². The molecule has 0 aliphatic heterocycles. The van der Waals surface area contributed by atoms with Gasteiger partial charge in [-0.1, -0.05) is 13.3 Å². The first-order valence-electron chi connectivity index (χ1n) is 7.42. The molecule has 0 saturated heterocycles. The third-order valence-corrected chi connectivity index (χ3v) is 4.50. The number of aromatic nitrogens is 1. The van der Waals surface area contributed by atoms with Crippen LogP contribution < -0.4 is 11.2 Å². The van der Waals surface area contributed by atoms with Crippen LogP contribution >= 0.6 is 0 Å². The van der Waals surface area contributed by atoms with Crippen LogP contribution in [0.25, 0.3) is 10.9 Å². The van der Waals surface area contributed by atoms with Gasteiger partial charge in [0.15, 0.2) is 0 Å². The smallest absolute Gasteiger partial charge is 0.236 e. The summed E-state index contributed by atoms with van der Waals surface area (Å²) in [5.41, 5.74) is 9.04. The molecule has 0 fully saturated rings. The maximum absolute atomic E-state index is 13.6. The van der Waals surface area contributed by atoms with Crippen molar-refractivity contribution in [3.63, 3.8) is 0 Å². The van der Waals surface area contributed by atoms with Gasteiger partial charge in [-0.25, -0.2) is 22.2 Å². The van der Waals surface area contributed by atoms with Gasteiger partial charge in [0.05, 0.1) is 17.5 Å². The lowest BCUT2D eigenvalue weighted by Gasteiger charge is -2.05. The Bertz CT molecular complexity index is 902. The Hall–Kier alpha value is -2.42. The fraction of sp³-hybridized carbons (Fsp3) is 0.333. The molecule has 1 aromatic carbocycles. The molecule has 0 aliphatic rings. The number of halogens is 1. The lowest BCUT2D eigenvalue weighted by atomic mass is 10.0. The Morgan fingerprint density at radius 2 is 2.17 bits per heavy atom. The molecule has 130 valence electrons. The van der Waals surface area contributed by atoms with Gasteiger partial charge in [0, 0.05) is 17.1 Å². The minimum Gasteiger partial charge on any atom is -0.369 e. The Labute approximate surface area is 139 Å². The van der Waals surface area contributed by atoms with E-state index in [9.17, 15) is 12.8 Å². The number of hydrazone groups is 1. The molecule has 0 atom stereocenters. The summed E-state index contributed by atoms with van der Waals surface area (Å²) in [7, 11) is -3.60. The number of fused-ring (bicyclic) bond motifs is 1. The zero-order chi connectivity index (χ0) is 17.9. The number of hydrogen-bond acceptors (Lipinski definition) is 4. The minimum absolute atomic E-state index is 0.250. The van der Waals surface area contributed by atoms with Crippen LogP contribution in [-0.2, 0) is 10.0 Å². The van der Waals surface area contributed by atoms with Crippen LogP contribution in [0.2, 0.25) is 0 Å². The van der Waals surface area contributed by atoms with Crippen LogP contribution in [0, 0.1) is 11.2 Å². The highest BCUT2D eigenvalue weighted by Gasteiger charge is 2.18. The molecule has 0 amide bonds. The summed E-state index contributed by atoms with van der Waals surface area (Å²) in [6.07, 6.45) is 4.79. The summed E-state index contributed by atoms with van der Waals surface area (Å²) in [5.74, 6) is -0.840. The van der Waals surface area contributed by atoms with E-state index in [1.165, 1.54) is 24.4 Å². The van der Waals surface area contributed by atoms with E-state index in [1.54, 1.807) is 0 Å². The van der Waals surface area contributed by atoms with Crippen molar-refractivity contribution in [2.75, 3.05) is 6.26 Å². The molecule has 0 spiro atoms. The molecule has 9 heteroatoms. The second-order valence-electron chi connectivity index (χ2n) is 5.45. The topological polar surface area (TPSA) is 113 Å².